The third-order valence-electron chi connectivity index (χ3n) is 3.95. The first kappa shape index (κ1) is 14.5. The third-order valence-corrected chi connectivity index (χ3v) is 3.95. The number of benzene rings is 1. The van der Waals surface area contributed by atoms with E-state index in [9.17, 15) is 0 Å². The van der Waals surface area contributed by atoms with E-state index >= 15 is 0 Å². The van der Waals surface area contributed by atoms with Gasteiger partial charge in [-0.05, 0) is 41.9 Å². The van der Waals surface area contributed by atoms with E-state index < -0.39 is 0 Å². The molecule has 1 atom stereocenters. The zero-order chi connectivity index (χ0) is 13.9. The molecular weight excluding hydrogens is 234 g/mol. The van der Waals surface area contributed by atoms with E-state index in [-0.39, 0.29) is 5.41 Å². The van der Waals surface area contributed by atoms with Crippen molar-refractivity contribution in [1.82, 2.24) is 5.32 Å². The standard InChI is InChI=1S/C17H27NO/c1-13-11-15(17(2,3)4)7-5-14(13)6-8-16-12-18-9-10-19-16/h5,7,11,16,18H,6,8-10,12H2,1-4H3. The van der Waals surface area contributed by atoms with E-state index in [1.807, 2.05) is 0 Å². The zero-order valence-electron chi connectivity index (χ0n) is 12.8. The van der Waals surface area contributed by atoms with Gasteiger partial charge >= 0.3 is 0 Å². The minimum Gasteiger partial charge on any atom is -0.376 e. The van der Waals surface area contributed by atoms with Gasteiger partial charge in [-0.1, -0.05) is 39.0 Å². The molecule has 1 fully saturated rings. The molecule has 0 amide bonds. The molecule has 2 nitrogen and oxygen atoms in total. The van der Waals surface area contributed by atoms with E-state index in [1.54, 1.807) is 0 Å². The van der Waals surface area contributed by atoms with Gasteiger partial charge in [0.1, 0.15) is 0 Å². The average molecular weight is 261 g/mol. The highest BCUT2D eigenvalue weighted by atomic mass is 16.5. The van der Waals surface area contributed by atoms with Crippen LogP contribution >= 0.6 is 0 Å². The molecule has 1 heterocycles. The van der Waals surface area contributed by atoms with Crippen LogP contribution in [0.25, 0.3) is 0 Å². The smallest absolute Gasteiger partial charge is 0.0703 e. The molecule has 0 aliphatic carbocycles. The summed E-state index contributed by atoms with van der Waals surface area (Å²) in [6.45, 7) is 11.9. The molecular formula is C17H27NO. The Morgan fingerprint density at radius 3 is 2.68 bits per heavy atom. The van der Waals surface area contributed by atoms with Crippen molar-refractivity contribution in [2.24, 2.45) is 0 Å². The summed E-state index contributed by atoms with van der Waals surface area (Å²) >= 11 is 0. The number of nitrogens with one attached hydrogen (secondary N) is 1. The molecule has 0 bridgehead atoms. The van der Waals surface area contributed by atoms with Crippen molar-refractivity contribution in [3.05, 3.63) is 34.9 Å². The van der Waals surface area contributed by atoms with Crippen molar-refractivity contribution >= 4 is 0 Å². The van der Waals surface area contributed by atoms with Gasteiger partial charge in [-0.15, -0.1) is 0 Å². The lowest BCUT2D eigenvalue weighted by Gasteiger charge is -2.24. The Balaban J connectivity index is 1.97. The van der Waals surface area contributed by atoms with Crippen LogP contribution in [0.15, 0.2) is 18.2 Å². The van der Waals surface area contributed by atoms with Crippen molar-refractivity contribution in [3.8, 4) is 0 Å². The topological polar surface area (TPSA) is 21.3 Å². The van der Waals surface area contributed by atoms with Gasteiger partial charge in [0.2, 0.25) is 0 Å². The normalized spacial score (nSPS) is 20.5. The highest BCUT2D eigenvalue weighted by Crippen LogP contribution is 2.25. The summed E-state index contributed by atoms with van der Waals surface area (Å²) in [4.78, 5) is 0. The first-order valence-corrected chi connectivity index (χ1v) is 7.39. The quantitative estimate of drug-likeness (QED) is 0.902. The fourth-order valence-electron chi connectivity index (χ4n) is 2.56. The zero-order valence-corrected chi connectivity index (χ0v) is 12.8. The van der Waals surface area contributed by atoms with Crippen LogP contribution in [0.3, 0.4) is 0 Å². The Labute approximate surface area is 117 Å². The Kier molecular flexibility index (Phi) is 4.64. The largest absolute Gasteiger partial charge is 0.376 e. The first-order valence-electron chi connectivity index (χ1n) is 7.39. The molecule has 0 radical (unpaired) electrons. The Morgan fingerprint density at radius 1 is 1.32 bits per heavy atom. The first-order chi connectivity index (χ1) is 8.97. The van der Waals surface area contributed by atoms with E-state index in [2.05, 4.69) is 51.2 Å². The van der Waals surface area contributed by atoms with Crippen molar-refractivity contribution in [2.45, 2.75) is 52.1 Å². The summed E-state index contributed by atoms with van der Waals surface area (Å²) in [5.41, 5.74) is 4.53. The molecule has 1 aromatic rings. The number of hydrogen-bond donors (Lipinski definition) is 1. The van der Waals surface area contributed by atoms with Crippen molar-refractivity contribution in [2.75, 3.05) is 19.7 Å². The second kappa shape index (κ2) is 6.06. The molecule has 0 aromatic heterocycles. The summed E-state index contributed by atoms with van der Waals surface area (Å²) in [6.07, 6.45) is 2.61. The maximum atomic E-state index is 5.76. The summed E-state index contributed by atoms with van der Waals surface area (Å²) in [7, 11) is 0. The van der Waals surface area contributed by atoms with Crippen LogP contribution in [0.5, 0.6) is 0 Å². The summed E-state index contributed by atoms with van der Waals surface area (Å²) in [6, 6.07) is 6.92. The fourth-order valence-corrected chi connectivity index (χ4v) is 2.56. The summed E-state index contributed by atoms with van der Waals surface area (Å²) < 4.78 is 5.76. The molecule has 1 unspecified atom stereocenters. The maximum Gasteiger partial charge on any atom is 0.0703 e. The van der Waals surface area contributed by atoms with Gasteiger partial charge in [0.15, 0.2) is 0 Å². The van der Waals surface area contributed by atoms with Crippen LogP contribution in [0, 0.1) is 6.92 Å². The maximum absolute atomic E-state index is 5.76. The molecule has 1 aliphatic rings. The monoisotopic (exact) mass is 261 g/mol. The highest BCUT2D eigenvalue weighted by Gasteiger charge is 2.16. The van der Waals surface area contributed by atoms with Gasteiger partial charge < -0.3 is 10.1 Å². The van der Waals surface area contributed by atoms with Crippen LogP contribution in [0.4, 0.5) is 0 Å². The molecule has 1 N–H and O–H groups in total. The van der Waals surface area contributed by atoms with Crippen LogP contribution < -0.4 is 5.32 Å². The molecule has 19 heavy (non-hydrogen) atoms. The second-order valence-corrected chi connectivity index (χ2v) is 6.63. The van der Waals surface area contributed by atoms with E-state index in [1.165, 1.54) is 16.7 Å². The lowest BCUT2D eigenvalue weighted by atomic mass is 9.85. The molecule has 2 heteroatoms. The van der Waals surface area contributed by atoms with Gasteiger partial charge in [-0.2, -0.15) is 0 Å². The molecule has 0 spiro atoms. The molecule has 1 aliphatic heterocycles. The highest BCUT2D eigenvalue weighted by molar-refractivity contribution is 5.34. The SMILES string of the molecule is Cc1cc(C(C)(C)C)ccc1CCC1CNCCO1. The minimum absolute atomic E-state index is 0.236. The van der Waals surface area contributed by atoms with Crippen LogP contribution in [-0.2, 0) is 16.6 Å². The van der Waals surface area contributed by atoms with Gasteiger partial charge in [-0.25, -0.2) is 0 Å². The fraction of sp³-hybridized carbons (Fsp3) is 0.647. The lowest BCUT2D eigenvalue weighted by Crippen LogP contribution is -2.38. The average Bonchev–Trinajstić information content (AvgIpc) is 2.37. The predicted molar refractivity (Wildman–Crippen MR) is 80.8 cm³/mol. The van der Waals surface area contributed by atoms with Crippen LogP contribution in [0.2, 0.25) is 0 Å². The van der Waals surface area contributed by atoms with Gasteiger partial charge in [-0.3, -0.25) is 0 Å². The van der Waals surface area contributed by atoms with Crippen molar-refractivity contribution in [3.63, 3.8) is 0 Å². The predicted octanol–water partition coefficient (Wildman–Crippen LogP) is 3.21. The number of aryl methyl sites for hydroxylation is 2. The van der Waals surface area contributed by atoms with E-state index in [4.69, 9.17) is 4.74 Å². The minimum atomic E-state index is 0.236. The van der Waals surface area contributed by atoms with Crippen LogP contribution in [-0.4, -0.2) is 25.8 Å². The second-order valence-electron chi connectivity index (χ2n) is 6.63. The van der Waals surface area contributed by atoms with E-state index in [0.29, 0.717) is 6.10 Å². The molecule has 106 valence electrons. The third kappa shape index (κ3) is 4.05. The number of rotatable bonds is 3. The molecule has 2 rings (SSSR count). The van der Waals surface area contributed by atoms with Crippen molar-refractivity contribution in [1.29, 1.82) is 0 Å². The Bertz CT molecular complexity index is 414. The molecule has 1 saturated heterocycles. The Hall–Kier alpha value is -0.860. The number of morpholine rings is 1. The number of ether oxygens (including phenoxy) is 1. The van der Waals surface area contributed by atoms with Gasteiger partial charge in [0.25, 0.3) is 0 Å². The molecule has 0 saturated carbocycles. The molecule has 1 aromatic carbocycles. The summed E-state index contributed by atoms with van der Waals surface area (Å²) in [5, 5.41) is 3.39. The van der Waals surface area contributed by atoms with Gasteiger partial charge in [0.05, 0.1) is 12.7 Å². The van der Waals surface area contributed by atoms with Crippen molar-refractivity contribution < 1.29 is 4.74 Å². The summed E-state index contributed by atoms with van der Waals surface area (Å²) in [5.74, 6) is 0. The lowest BCUT2D eigenvalue weighted by molar-refractivity contribution is 0.0238. The van der Waals surface area contributed by atoms with E-state index in [0.717, 1.165) is 32.5 Å². The number of hydrogen-bond acceptors (Lipinski definition) is 2. The Morgan fingerprint density at radius 2 is 2.11 bits per heavy atom. The van der Waals surface area contributed by atoms with Crippen LogP contribution in [0.1, 0.15) is 43.9 Å². The van der Waals surface area contributed by atoms with Gasteiger partial charge in [0, 0.05) is 13.1 Å².